The zero-order valence-electron chi connectivity index (χ0n) is 13.9. The Labute approximate surface area is 159 Å². The highest BCUT2D eigenvalue weighted by molar-refractivity contribution is 9.10. The number of carbonyl (C=O) groups excluding carboxylic acids is 1. The van der Waals surface area contributed by atoms with Gasteiger partial charge in [0.25, 0.3) is 0 Å². The predicted molar refractivity (Wildman–Crippen MR) is 105 cm³/mol. The van der Waals surface area contributed by atoms with Crippen molar-refractivity contribution in [2.45, 2.75) is 10.4 Å². The number of H-pyrrole nitrogens is 1. The minimum absolute atomic E-state index is 0.0396. The standard InChI is InChI=1S/C19H18BrN3OS/c1-23(2)18(24)17(14-6-4-3-5-7-14)25-19-21-12-16(22-19)13-8-10-15(20)11-9-13/h3-12,17H,1-2H3,(H,21,22). The Bertz CT molecular complexity index is 847. The van der Waals surface area contributed by atoms with Crippen LogP contribution in [0.25, 0.3) is 11.3 Å². The lowest BCUT2D eigenvalue weighted by atomic mass is 10.1. The summed E-state index contributed by atoms with van der Waals surface area (Å²) in [6.45, 7) is 0. The average molecular weight is 416 g/mol. The van der Waals surface area contributed by atoms with Crippen LogP contribution in [-0.4, -0.2) is 34.9 Å². The van der Waals surface area contributed by atoms with Crippen LogP contribution in [0.3, 0.4) is 0 Å². The molecule has 1 unspecified atom stereocenters. The van der Waals surface area contributed by atoms with E-state index in [0.717, 1.165) is 26.4 Å². The summed E-state index contributed by atoms with van der Waals surface area (Å²) in [5, 5.41) is 0.391. The Morgan fingerprint density at radius 1 is 1.12 bits per heavy atom. The molecular formula is C19H18BrN3OS. The van der Waals surface area contributed by atoms with Gasteiger partial charge in [-0.05, 0) is 23.3 Å². The van der Waals surface area contributed by atoms with Crippen molar-refractivity contribution in [3.8, 4) is 11.3 Å². The fraction of sp³-hybridized carbons (Fsp3) is 0.158. The summed E-state index contributed by atoms with van der Waals surface area (Å²) in [6, 6.07) is 17.8. The van der Waals surface area contributed by atoms with Crippen LogP contribution in [-0.2, 0) is 4.79 Å². The summed E-state index contributed by atoms with van der Waals surface area (Å²) in [5.41, 5.74) is 2.95. The topological polar surface area (TPSA) is 49.0 Å². The predicted octanol–water partition coefficient (Wildman–Crippen LogP) is 4.76. The molecule has 0 radical (unpaired) electrons. The van der Waals surface area contributed by atoms with Gasteiger partial charge in [0, 0.05) is 18.6 Å². The lowest BCUT2D eigenvalue weighted by molar-refractivity contribution is -0.128. The highest BCUT2D eigenvalue weighted by atomic mass is 79.9. The maximum absolute atomic E-state index is 12.6. The molecule has 0 saturated carbocycles. The number of likely N-dealkylation sites (N-methyl/N-ethyl adjacent to an activating group) is 1. The van der Waals surface area contributed by atoms with Crippen LogP contribution in [0.4, 0.5) is 0 Å². The van der Waals surface area contributed by atoms with E-state index in [1.54, 1.807) is 25.2 Å². The lowest BCUT2D eigenvalue weighted by Crippen LogP contribution is -2.26. The van der Waals surface area contributed by atoms with Crippen molar-refractivity contribution in [2.24, 2.45) is 0 Å². The molecule has 0 spiro atoms. The van der Waals surface area contributed by atoms with E-state index >= 15 is 0 Å². The minimum Gasteiger partial charge on any atom is -0.348 e. The quantitative estimate of drug-likeness (QED) is 0.610. The molecule has 4 nitrogen and oxygen atoms in total. The van der Waals surface area contributed by atoms with Gasteiger partial charge in [-0.1, -0.05) is 70.2 Å². The van der Waals surface area contributed by atoms with E-state index in [-0.39, 0.29) is 11.2 Å². The molecule has 128 valence electrons. The number of nitrogens with one attached hydrogen (secondary N) is 1. The first-order valence-corrected chi connectivity index (χ1v) is 9.45. The van der Waals surface area contributed by atoms with Gasteiger partial charge in [-0.25, -0.2) is 4.98 Å². The van der Waals surface area contributed by atoms with Crippen molar-refractivity contribution in [2.75, 3.05) is 14.1 Å². The second-order valence-electron chi connectivity index (χ2n) is 5.75. The van der Waals surface area contributed by atoms with Crippen LogP contribution in [0, 0.1) is 0 Å². The number of imidazole rings is 1. The summed E-state index contributed by atoms with van der Waals surface area (Å²) < 4.78 is 1.03. The Morgan fingerprint density at radius 3 is 2.44 bits per heavy atom. The van der Waals surface area contributed by atoms with Gasteiger partial charge in [0.1, 0.15) is 5.25 Å². The maximum Gasteiger partial charge on any atom is 0.240 e. The van der Waals surface area contributed by atoms with E-state index in [0.29, 0.717) is 0 Å². The lowest BCUT2D eigenvalue weighted by Gasteiger charge is -2.19. The molecule has 3 rings (SSSR count). The number of hydrogen-bond donors (Lipinski definition) is 1. The van der Waals surface area contributed by atoms with Crippen molar-refractivity contribution in [1.82, 2.24) is 14.9 Å². The van der Waals surface area contributed by atoms with Crippen LogP contribution in [0.1, 0.15) is 10.8 Å². The number of halogens is 1. The smallest absolute Gasteiger partial charge is 0.240 e. The second-order valence-corrected chi connectivity index (χ2v) is 7.76. The van der Waals surface area contributed by atoms with Crippen LogP contribution < -0.4 is 0 Å². The van der Waals surface area contributed by atoms with E-state index in [1.807, 2.05) is 54.6 Å². The molecule has 0 fully saturated rings. The summed E-state index contributed by atoms with van der Waals surface area (Å²) in [7, 11) is 3.54. The molecule has 1 amide bonds. The minimum atomic E-state index is -0.333. The fourth-order valence-electron chi connectivity index (χ4n) is 2.37. The molecule has 25 heavy (non-hydrogen) atoms. The monoisotopic (exact) mass is 415 g/mol. The summed E-state index contributed by atoms with van der Waals surface area (Å²) >= 11 is 4.87. The van der Waals surface area contributed by atoms with Gasteiger partial charge in [0.05, 0.1) is 11.9 Å². The molecule has 1 atom stereocenters. The van der Waals surface area contributed by atoms with E-state index in [9.17, 15) is 4.79 Å². The van der Waals surface area contributed by atoms with Gasteiger partial charge >= 0.3 is 0 Å². The van der Waals surface area contributed by atoms with Gasteiger partial charge in [0.2, 0.25) is 5.91 Å². The first-order valence-electron chi connectivity index (χ1n) is 7.78. The van der Waals surface area contributed by atoms with E-state index < -0.39 is 0 Å². The van der Waals surface area contributed by atoms with Crippen LogP contribution >= 0.6 is 27.7 Å². The molecule has 3 aromatic rings. The van der Waals surface area contributed by atoms with Crippen molar-refractivity contribution in [1.29, 1.82) is 0 Å². The first-order chi connectivity index (χ1) is 12.0. The first kappa shape index (κ1) is 17.8. The Kier molecular flexibility index (Phi) is 5.60. The highest BCUT2D eigenvalue weighted by Gasteiger charge is 2.24. The molecule has 1 heterocycles. The van der Waals surface area contributed by atoms with Crippen LogP contribution in [0.15, 0.2) is 70.4 Å². The molecule has 0 bridgehead atoms. The number of carbonyl (C=O) groups is 1. The van der Waals surface area contributed by atoms with Gasteiger partial charge in [0.15, 0.2) is 5.16 Å². The SMILES string of the molecule is CN(C)C(=O)C(Sc1ncc(-c2ccc(Br)cc2)[nH]1)c1ccccc1. The summed E-state index contributed by atoms with van der Waals surface area (Å²) in [6.07, 6.45) is 1.80. The number of nitrogens with zero attached hydrogens (tertiary/aromatic N) is 2. The van der Waals surface area contributed by atoms with Crippen LogP contribution in [0.5, 0.6) is 0 Å². The molecule has 0 aliphatic carbocycles. The number of thioether (sulfide) groups is 1. The van der Waals surface area contributed by atoms with Crippen molar-refractivity contribution >= 4 is 33.6 Å². The Hall–Kier alpha value is -2.05. The largest absolute Gasteiger partial charge is 0.348 e. The van der Waals surface area contributed by atoms with Crippen molar-refractivity contribution in [3.63, 3.8) is 0 Å². The molecule has 1 aromatic heterocycles. The number of aromatic amines is 1. The summed E-state index contributed by atoms with van der Waals surface area (Å²) in [5.74, 6) is 0.0396. The molecule has 0 aliphatic heterocycles. The number of amides is 1. The van der Waals surface area contributed by atoms with Gasteiger partial charge < -0.3 is 9.88 Å². The van der Waals surface area contributed by atoms with E-state index in [2.05, 4.69) is 25.9 Å². The molecular weight excluding hydrogens is 398 g/mol. The number of aromatic nitrogens is 2. The molecule has 1 N–H and O–H groups in total. The number of hydrogen-bond acceptors (Lipinski definition) is 3. The molecule has 0 aliphatic rings. The normalized spacial score (nSPS) is 12.0. The van der Waals surface area contributed by atoms with E-state index in [1.165, 1.54) is 11.8 Å². The zero-order valence-corrected chi connectivity index (χ0v) is 16.3. The van der Waals surface area contributed by atoms with Gasteiger partial charge in [-0.15, -0.1) is 0 Å². The highest BCUT2D eigenvalue weighted by Crippen LogP contribution is 2.35. The Morgan fingerprint density at radius 2 is 1.80 bits per heavy atom. The van der Waals surface area contributed by atoms with Gasteiger partial charge in [-0.3, -0.25) is 4.79 Å². The number of rotatable bonds is 5. The van der Waals surface area contributed by atoms with Crippen LogP contribution in [0.2, 0.25) is 0 Å². The third kappa shape index (κ3) is 4.32. The van der Waals surface area contributed by atoms with Crippen molar-refractivity contribution < 1.29 is 4.79 Å². The average Bonchev–Trinajstić information content (AvgIpc) is 3.09. The zero-order chi connectivity index (χ0) is 17.8. The molecule has 0 saturated heterocycles. The fourth-order valence-corrected chi connectivity index (χ4v) is 3.75. The third-order valence-electron chi connectivity index (χ3n) is 3.70. The third-order valence-corrected chi connectivity index (χ3v) is 5.37. The summed E-state index contributed by atoms with van der Waals surface area (Å²) in [4.78, 5) is 22.0. The second kappa shape index (κ2) is 7.89. The number of benzene rings is 2. The molecule has 2 aromatic carbocycles. The van der Waals surface area contributed by atoms with Crippen molar-refractivity contribution in [3.05, 3.63) is 70.8 Å². The Balaban J connectivity index is 1.85. The maximum atomic E-state index is 12.6. The van der Waals surface area contributed by atoms with Gasteiger partial charge in [-0.2, -0.15) is 0 Å². The molecule has 6 heteroatoms. The van der Waals surface area contributed by atoms with E-state index in [4.69, 9.17) is 0 Å².